The van der Waals surface area contributed by atoms with Crippen LogP contribution in [0.2, 0.25) is 0 Å². The molecule has 0 saturated carbocycles. The van der Waals surface area contributed by atoms with Crippen LogP contribution in [0.25, 0.3) is 10.9 Å². The Labute approximate surface area is 186 Å². The summed E-state index contributed by atoms with van der Waals surface area (Å²) in [4.78, 5) is 35.3. The van der Waals surface area contributed by atoms with Crippen molar-refractivity contribution in [1.82, 2.24) is 14.9 Å². The second-order valence-corrected chi connectivity index (χ2v) is 10.0. The van der Waals surface area contributed by atoms with Gasteiger partial charge in [-0.15, -0.1) is 0 Å². The van der Waals surface area contributed by atoms with E-state index in [2.05, 4.69) is 37.7 Å². The van der Waals surface area contributed by atoms with Gasteiger partial charge in [0.1, 0.15) is 5.82 Å². The number of carbonyl (C=O) groups excluding carboxylic acids is 1. The Kier molecular flexibility index (Phi) is 9.23. The fourth-order valence-corrected chi connectivity index (χ4v) is 4.30. The minimum absolute atomic E-state index is 0.124. The van der Waals surface area contributed by atoms with Crippen LogP contribution < -0.4 is 11.3 Å². The summed E-state index contributed by atoms with van der Waals surface area (Å²) in [6.07, 6.45) is 5.52. The van der Waals surface area contributed by atoms with Crippen molar-refractivity contribution < 1.29 is 4.79 Å². The number of para-hydroxylation sites is 1. The van der Waals surface area contributed by atoms with Gasteiger partial charge in [-0.25, -0.2) is 4.98 Å². The molecule has 0 spiro atoms. The Hall–Kier alpha value is -2.21. The topological polar surface area (TPSA) is 92.1 Å². The Morgan fingerprint density at radius 3 is 2.48 bits per heavy atom. The van der Waals surface area contributed by atoms with Crippen molar-refractivity contribution in [3.8, 4) is 0 Å². The van der Waals surface area contributed by atoms with Gasteiger partial charge < -0.3 is 15.6 Å². The highest BCUT2D eigenvalue weighted by atomic mass is 16.2. The second kappa shape index (κ2) is 11.4. The summed E-state index contributed by atoms with van der Waals surface area (Å²) in [6.45, 7) is 12.1. The monoisotopic (exact) mass is 428 g/mol. The first-order valence-electron chi connectivity index (χ1n) is 11.6. The van der Waals surface area contributed by atoms with Crippen LogP contribution in [0, 0.1) is 11.3 Å². The van der Waals surface area contributed by atoms with Crippen molar-refractivity contribution in [2.75, 3.05) is 13.1 Å². The molecule has 1 amide bonds. The van der Waals surface area contributed by atoms with E-state index in [1.54, 1.807) is 6.07 Å². The third-order valence-corrected chi connectivity index (χ3v) is 5.65. The zero-order chi connectivity index (χ0) is 23.0. The van der Waals surface area contributed by atoms with E-state index in [4.69, 9.17) is 5.73 Å². The summed E-state index contributed by atoms with van der Waals surface area (Å²) in [6, 6.07) is 7.02. The lowest BCUT2D eigenvalue weighted by molar-refractivity contribution is -0.134. The Balaban J connectivity index is 2.21. The SMILES string of the molecule is C[C@H](CC(=O)N(CCCCCCN)[C@@H](C)c1nc2ccccc2c(=O)[nH]1)CC(C)(C)C. The van der Waals surface area contributed by atoms with Gasteiger partial charge in [-0.2, -0.15) is 0 Å². The molecule has 2 atom stereocenters. The number of rotatable bonds is 11. The van der Waals surface area contributed by atoms with Crippen LogP contribution in [0.3, 0.4) is 0 Å². The quantitative estimate of drug-likeness (QED) is 0.503. The lowest BCUT2D eigenvalue weighted by Gasteiger charge is -2.31. The first kappa shape index (κ1) is 25.1. The smallest absolute Gasteiger partial charge is 0.258 e. The van der Waals surface area contributed by atoms with Crippen LogP contribution in [0.5, 0.6) is 0 Å². The minimum atomic E-state index is -0.291. The van der Waals surface area contributed by atoms with Gasteiger partial charge in [-0.3, -0.25) is 9.59 Å². The van der Waals surface area contributed by atoms with E-state index in [0.717, 1.165) is 32.1 Å². The highest BCUT2D eigenvalue weighted by Gasteiger charge is 2.26. The molecule has 6 nitrogen and oxygen atoms in total. The molecule has 0 unspecified atom stereocenters. The van der Waals surface area contributed by atoms with Crippen molar-refractivity contribution in [2.45, 2.75) is 79.2 Å². The van der Waals surface area contributed by atoms with E-state index in [1.165, 1.54) is 0 Å². The lowest BCUT2D eigenvalue weighted by Crippen LogP contribution is -2.37. The highest BCUT2D eigenvalue weighted by Crippen LogP contribution is 2.28. The number of aromatic nitrogens is 2. The molecular weight excluding hydrogens is 388 g/mol. The summed E-state index contributed by atoms with van der Waals surface area (Å²) < 4.78 is 0. The van der Waals surface area contributed by atoms with E-state index in [0.29, 0.717) is 42.2 Å². The van der Waals surface area contributed by atoms with Gasteiger partial charge in [0.05, 0.1) is 16.9 Å². The van der Waals surface area contributed by atoms with Crippen molar-refractivity contribution in [3.05, 3.63) is 40.4 Å². The van der Waals surface area contributed by atoms with E-state index < -0.39 is 0 Å². The molecule has 6 heteroatoms. The fraction of sp³-hybridized carbons (Fsp3) is 0.640. The molecule has 0 aliphatic heterocycles. The summed E-state index contributed by atoms with van der Waals surface area (Å²) in [5.74, 6) is 0.962. The number of hydrogen-bond donors (Lipinski definition) is 2. The Bertz CT molecular complexity index is 900. The first-order valence-corrected chi connectivity index (χ1v) is 11.6. The van der Waals surface area contributed by atoms with Gasteiger partial charge in [0, 0.05) is 13.0 Å². The molecule has 0 radical (unpaired) electrons. The summed E-state index contributed by atoms with van der Waals surface area (Å²) in [5, 5.41) is 0.567. The summed E-state index contributed by atoms with van der Waals surface area (Å²) in [5.41, 5.74) is 6.28. The number of nitrogens with two attached hydrogens (primary N) is 1. The zero-order valence-electron chi connectivity index (χ0n) is 19.9. The minimum Gasteiger partial charge on any atom is -0.333 e. The molecule has 0 fully saturated rings. The first-order chi connectivity index (χ1) is 14.6. The summed E-state index contributed by atoms with van der Waals surface area (Å²) in [7, 11) is 0. The van der Waals surface area contributed by atoms with Crippen molar-refractivity contribution in [2.24, 2.45) is 17.1 Å². The number of carbonyl (C=O) groups is 1. The van der Waals surface area contributed by atoms with Crippen LogP contribution in [0.4, 0.5) is 0 Å². The molecule has 1 aromatic carbocycles. The zero-order valence-corrected chi connectivity index (χ0v) is 19.9. The normalized spacial score (nSPS) is 13.9. The number of H-pyrrole nitrogens is 1. The molecule has 0 bridgehead atoms. The molecule has 0 aliphatic carbocycles. The maximum atomic E-state index is 13.3. The van der Waals surface area contributed by atoms with E-state index in [9.17, 15) is 9.59 Å². The van der Waals surface area contributed by atoms with Gasteiger partial charge in [-0.1, -0.05) is 52.7 Å². The third-order valence-electron chi connectivity index (χ3n) is 5.65. The number of unbranched alkanes of at least 4 members (excludes halogenated alkanes) is 3. The van der Waals surface area contributed by atoms with E-state index >= 15 is 0 Å². The molecule has 0 aliphatic rings. The van der Waals surface area contributed by atoms with E-state index in [-0.39, 0.29) is 22.9 Å². The molecule has 172 valence electrons. The van der Waals surface area contributed by atoms with Crippen molar-refractivity contribution in [1.29, 1.82) is 0 Å². The lowest BCUT2D eigenvalue weighted by atomic mass is 9.84. The number of aromatic amines is 1. The molecular formula is C25H40N4O2. The van der Waals surface area contributed by atoms with Gasteiger partial charge in [0.15, 0.2) is 0 Å². The number of benzene rings is 1. The highest BCUT2D eigenvalue weighted by molar-refractivity contribution is 5.78. The van der Waals surface area contributed by atoms with Crippen molar-refractivity contribution >= 4 is 16.8 Å². The van der Waals surface area contributed by atoms with Crippen LogP contribution in [-0.4, -0.2) is 33.9 Å². The number of fused-ring (bicyclic) bond motifs is 1. The van der Waals surface area contributed by atoms with Crippen molar-refractivity contribution in [3.63, 3.8) is 0 Å². The average molecular weight is 429 g/mol. The number of nitrogens with zero attached hydrogens (tertiary/aromatic N) is 2. The van der Waals surface area contributed by atoms with Crippen LogP contribution in [0.1, 0.15) is 85.0 Å². The molecule has 1 heterocycles. The molecule has 2 rings (SSSR count). The molecule has 2 aromatic rings. The second-order valence-electron chi connectivity index (χ2n) is 10.0. The van der Waals surface area contributed by atoms with Gasteiger partial charge in [0.2, 0.25) is 5.91 Å². The Morgan fingerprint density at radius 1 is 1.13 bits per heavy atom. The number of hydrogen-bond acceptors (Lipinski definition) is 4. The largest absolute Gasteiger partial charge is 0.333 e. The summed E-state index contributed by atoms with van der Waals surface area (Å²) >= 11 is 0. The van der Waals surface area contributed by atoms with Crippen LogP contribution >= 0.6 is 0 Å². The molecule has 1 aromatic heterocycles. The number of amides is 1. The maximum absolute atomic E-state index is 13.3. The van der Waals surface area contributed by atoms with Crippen LogP contribution in [-0.2, 0) is 4.79 Å². The number of nitrogens with one attached hydrogen (secondary N) is 1. The molecule has 31 heavy (non-hydrogen) atoms. The van der Waals surface area contributed by atoms with Gasteiger partial charge in [0.25, 0.3) is 5.56 Å². The van der Waals surface area contributed by atoms with Crippen LogP contribution in [0.15, 0.2) is 29.1 Å². The average Bonchev–Trinajstić information content (AvgIpc) is 2.68. The third kappa shape index (κ3) is 7.76. The van der Waals surface area contributed by atoms with Gasteiger partial charge in [-0.05, 0) is 56.2 Å². The standard InChI is InChI=1S/C25H40N4O2/c1-18(17-25(3,4)5)16-22(30)29(15-11-7-6-10-14-26)19(2)23-27-21-13-9-8-12-20(21)24(31)28-23/h8-9,12-13,18-19H,6-7,10-11,14-17,26H2,1-5H3,(H,27,28,31)/t18-,19+/m1/s1. The van der Waals surface area contributed by atoms with Gasteiger partial charge >= 0.3 is 0 Å². The predicted molar refractivity (Wildman–Crippen MR) is 128 cm³/mol. The van der Waals surface area contributed by atoms with E-state index in [1.807, 2.05) is 30.0 Å². The molecule has 0 saturated heterocycles. The Morgan fingerprint density at radius 2 is 1.81 bits per heavy atom. The molecule has 3 N–H and O–H groups in total. The maximum Gasteiger partial charge on any atom is 0.258 e. The fourth-order valence-electron chi connectivity index (χ4n) is 4.30. The predicted octanol–water partition coefficient (Wildman–Crippen LogP) is 4.79.